The van der Waals surface area contributed by atoms with Crippen molar-refractivity contribution in [2.45, 2.75) is 77.5 Å². The first-order valence-corrected chi connectivity index (χ1v) is 8.24. The monoisotopic (exact) mass is 324 g/mol. The van der Waals surface area contributed by atoms with Gasteiger partial charge in [0.15, 0.2) is 0 Å². The van der Waals surface area contributed by atoms with Gasteiger partial charge in [-0.25, -0.2) is 0 Å². The van der Waals surface area contributed by atoms with E-state index in [1.165, 1.54) is 13.0 Å². The maximum absolute atomic E-state index is 11.0. The third kappa shape index (κ3) is 3.13. The summed E-state index contributed by atoms with van der Waals surface area (Å²) in [5, 5.41) is 11.0. The first-order chi connectivity index (χ1) is 15.0. The molecule has 2 nitrogen and oxygen atoms in total. The van der Waals surface area contributed by atoms with Crippen molar-refractivity contribution < 1.29 is 23.6 Å². The zero-order chi connectivity index (χ0) is 25.1. The lowest BCUT2D eigenvalue weighted by atomic mass is 9.68. The molecule has 0 bridgehead atoms. The van der Waals surface area contributed by atoms with Crippen LogP contribution in [-0.4, -0.2) is 10.7 Å². The Labute approximate surface area is 154 Å². The minimum atomic E-state index is -3.18. The molecule has 126 valence electrons. The number of hydrogen-bond donors (Lipinski definition) is 1. The van der Waals surface area contributed by atoms with Gasteiger partial charge < -0.3 is 9.84 Å². The fourth-order valence-electron chi connectivity index (χ4n) is 3.38. The SMILES string of the molecule is [2H]c1c(O)c2c(c([2H])c1CCCCC)OC(C([2H])([2H])[2H])(C([2H])([2H])[2H])[C@@H]1CC([2H])([2H])C(C)=C[C@@H]21. The maximum Gasteiger partial charge on any atom is 0.127 e. The highest BCUT2D eigenvalue weighted by Gasteiger charge is 2.45. The number of aromatic hydroxyl groups is 1. The maximum atomic E-state index is 11.0. The Morgan fingerprint density at radius 1 is 1.43 bits per heavy atom. The lowest BCUT2D eigenvalue weighted by Crippen LogP contribution is -2.45. The van der Waals surface area contributed by atoms with Gasteiger partial charge in [0, 0.05) is 28.4 Å². The fraction of sp³-hybridized carbons (Fsp3) is 0.619. The third-order valence-corrected chi connectivity index (χ3v) is 4.65. The summed E-state index contributed by atoms with van der Waals surface area (Å²) in [4.78, 5) is 0. The first-order valence-electron chi connectivity index (χ1n) is 13.2. The highest BCUT2D eigenvalue weighted by Crippen LogP contribution is 2.53. The second-order valence-electron chi connectivity index (χ2n) is 6.48. The van der Waals surface area contributed by atoms with E-state index in [1.54, 1.807) is 0 Å². The van der Waals surface area contributed by atoms with Crippen LogP contribution < -0.4 is 4.74 Å². The van der Waals surface area contributed by atoms with E-state index in [1.807, 2.05) is 6.92 Å². The molecule has 0 unspecified atom stereocenters. The molecule has 1 aliphatic heterocycles. The molecule has 0 saturated heterocycles. The van der Waals surface area contributed by atoms with Gasteiger partial charge >= 0.3 is 0 Å². The molecule has 0 fully saturated rings. The number of rotatable bonds is 4. The van der Waals surface area contributed by atoms with E-state index in [2.05, 4.69) is 0 Å². The molecule has 3 rings (SSSR count). The van der Waals surface area contributed by atoms with Crippen molar-refractivity contribution in [3.8, 4) is 11.5 Å². The summed E-state index contributed by atoms with van der Waals surface area (Å²) in [5.41, 5.74) is -2.34. The Morgan fingerprint density at radius 3 is 3.00 bits per heavy atom. The van der Waals surface area contributed by atoms with Gasteiger partial charge in [0.1, 0.15) is 17.1 Å². The van der Waals surface area contributed by atoms with E-state index in [9.17, 15) is 5.11 Å². The molecule has 2 atom stereocenters. The van der Waals surface area contributed by atoms with E-state index >= 15 is 0 Å². The molecule has 0 radical (unpaired) electrons. The normalized spacial score (nSPS) is 34.8. The number of ether oxygens (including phenoxy) is 1. The predicted molar refractivity (Wildman–Crippen MR) is 95.3 cm³/mol. The van der Waals surface area contributed by atoms with Gasteiger partial charge in [0.05, 0.1) is 2.74 Å². The standard InChI is InChI=1S/C21H30O2/c1-5-6-7-8-15-12-18(22)20-16-11-14(2)9-10-17(16)21(3,4)23-19(20)13-15/h11-13,16-17,22H,5-10H2,1-4H3/t16-,17-/m1/s1/i3D3,4D3,9D2,12D,13D. The van der Waals surface area contributed by atoms with Gasteiger partial charge in [-0.05, 0) is 63.9 Å². The topological polar surface area (TPSA) is 29.5 Å². The van der Waals surface area contributed by atoms with Crippen LogP contribution in [0.4, 0.5) is 0 Å². The number of allylic oxidation sites excluding steroid dienone is 2. The lowest BCUT2D eigenvalue weighted by molar-refractivity contribution is 0.0107. The van der Waals surface area contributed by atoms with E-state index in [-0.39, 0.29) is 41.0 Å². The minimum Gasteiger partial charge on any atom is -0.507 e. The van der Waals surface area contributed by atoms with Gasteiger partial charge in [-0.1, -0.05) is 31.4 Å². The molecule has 1 aromatic carbocycles. The third-order valence-electron chi connectivity index (χ3n) is 4.65. The summed E-state index contributed by atoms with van der Waals surface area (Å²) in [5.74, 6) is -3.22. The molecule has 2 aliphatic rings. The zero-order valence-corrected chi connectivity index (χ0v) is 13.6. The highest BCUT2D eigenvalue weighted by molar-refractivity contribution is 5.53. The number of phenols is 1. The highest BCUT2D eigenvalue weighted by atomic mass is 16.5. The smallest absolute Gasteiger partial charge is 0.127 e. The summed E-state index contributed by atoms with van der Waals surface area (Å²) < 4.78 is 88.7. The van der Waals surface area contributed by atoms with Crippen molar-refractivity contribution in [2.75, 3.05) is 0 Å². The molecule has 23 heavy (non-hydrogen) atoms. The van der Waals surface area contributed by atoms with E-state index in [4.69, 9.17) is 18.4 Å². The van der Waals surface area contributed by atoms with Gasteiger partial charge in [0.2, 0.25) is 0 Å². The minimum absolute atomic E-state index is 0.00628. The van der Waals surface area contributed by atoms with Crippen LogP contribution in [0.5, 0.6) is 11.5 Å². The summed E-state index contributed by atoms with van der Waals surface area (Å²) in [6.45, 7) is -2.85. The van der Waals surface area contributed by atoms with Gasteiger partial charge in [0.25, 0.3) is 0 Å². The Bertz CT molecular complexity index is 948. The Hall–Kier alpha value is -1.44. The molecule has 1 aromatic rings. The fourth-order valence-corrected chi connectivity index (χ4v) is 3.38. The quantitative estimate of drug-likeness (QED) is 0.565. The van der Waals surface area contributed by atoms with Crippen LogP contribution in [0.1, 0.15) is 90.4 Å². The molecular formula is C21H30O2. The van der Waals surface area contributed by atoms with Crippen LogP contribution in [0.3, 0.4) is 0 Å². The van der Waals surface area contributed by atoms with Crippen LogP contribution in [-0.2, 0) is 6.42 Å². The molecule has 2 heteroatoms. The van der Waals surface area contributed by atoms with E-state index < -0.39 is 49.7 Å². The molecule has 1 aliphatic carbocycles. The summed E-state index contributed by atoms with van der Waals surface area (Å²) >= 11 is 0. The van der Waals surface area contributed by atoms with Crippen molar-refractivity contribution in [1.29, 1.82) is 0 Å². The molecule has 1 heterocycles. The van der Waals surface area contributed by atoms with Crippen molar-refractivity contribution in [3.05, 3.63) is 34.9 Å². The van der Waals surface area contributed by atoms with Crippen LogP contribution in [0.2, 0.25) is 0 Å². The second-order valence-corrected chi connectivity index (χ2v) is 6.48. The zero-order valence-electron chi connectivity index (χ0n) is 23.6. The molecule has 1 N–H and O–H groups in total. The number of hydrogen-bond acceptors (Lipinski definition) is 2. The van der Waals surface area contributed by atoms with Crippen molar-refractivity contribution in [1.82, 2.24) is 0 Å². The van der Waals surface area contributed by atoms with Gasteiger partial charge in [-0.15, -0.1) is 0 Å². The largest absolute Gasteiger partial charge is 0.507 e. The summed E-state index contributed by atoms with van der Waals surface area (Å²) in [6, 6.07) is -0.549. The van der Waals surface area contributed by atoms with E-state index in [0.717, 1.165) is 12.8 Å². The number of unbranched alkanes of at least 4 members (excludes halogenated alkanes) is 2. The summed E-state index contributed by atoms with van der Waals surface area (Å²) in [7, 11) is 0. The average Bonchev–Trinajstić information content (AvgIpc) is 2.66. The second kappa shape index (κ2) is 6.22. The Morgan fingerprint density at radius 2 is 2.26 bits per heavy atom. The first kappa shape index (κ1) is 8.09. The molecule has 0 spiro atoms. The molecular weight excluding hydrogens is 284 g/mol. The molecule has 0 amide bonds. The number of benzene rings is 1. The van der Waals surface area contributed by atoms with Crippen molar-refractivity contribution >= 4 is 0 Å². The van der Waals surface area contributed by atoms with Crippen molar-refractivity contribution in [2.24, 2.45) is 5.92 Å². The Balaban J connectivity index is 2.38. The number of phenolic OH excluding ortho intramolecular Hbond substituents is 1. The van der Waals surface area contributed by atoms with Crippen LogP contribution in [0.25, 0.3) is 0 Å². The van der Waals surface area contributed by atoms with Gasteiger partial charge in [-0.2, -0.15) is 0 Å². The van der Waals surface area contributed by atoms with Crippen LogP contribution in [0.15, 0.2) is 23.7 Å². The average molecular weight is 325 g/mol. The summed E-state index contributed by atoms with van der Waals surface area (Å²) in [6.07, 6.45) is 1.65. The van der Waals surface area contributed by atoms with Gasteiger partial charge in [-0.3, -0.25) is 0 Å². The predicted octanol–water partition coefficient (Wildman–Crippen LogP) is 5.74. The van der Waals surface area contributed by atoms with Crippen molar-refractivity contribution in [3.63, 3.8) is 0 Å². The lowest BCUT2D eigenvalue weighted by Gasteiger charge is -2.46. The molecule has 0 saturated carbocycles. The van der Waals surface area contributed by atoms with Crippen LogP contribution >= 0.6 is 0 Å². The Kier molecular flexibility index (Phi) is 2.19. The number of fused-ring (bicyclic) bond motifs is 3. The molecule has 0 aromatic heterocycles. The van der Waals surface area contributed by atoms with E-state index in [0.29, 0.717) is 6.42 Å². The van der Waals surface area contributed by atoms with Crippen LogP contribution in [0, 0.1) is 5.92 Å².